The van der Waals surface area contributed by atoms with Crippen LogP contribution in [0.3, 0.4) is 0 Å². The molecule has 2 unspecified atom stereocenters. The summed E-state index contributed by atoms with van der Waals surface area (Å²) in [5, 5.41) is 18.4. The van der Waals surface area contributed by atoms with Gasteiger partial charge in [-0.2, -0.15) is 0 Å². The largest absolute Gasteiger partial charge is 0.450 e. The first kappa shape index (κ1) is 13.5. The average Bonchev–Trinajstić information content (AvgIpc) is 2.84. The Morgan fingerprint density at radius 2 is 1.41 bits per heavy atom. The van der Waals surface area contributed by atoms with E-state index in [-0.39, 0.29) is 24.6 Å². The Hall–Kier alpha value is -1.54. The van der Waals surface area contributed by atoms with Crippen molar-refractivity contribution in [1.29, 1.82) is 0 Å². The molecule has 0 aliphatic rings. The normalized spacial score (nSPS) is 14.4. The number of carbonyl (C=O) groups excluding carboxylic acids is 2. The third kappa shape index (κ3) is 2.98. The maximum absolute atomic E-state index is 11.4. The molecule has 0 aromatic carbocycles. The minimum Gasteiger partial charge on any atom is -0.450 e. The third-order valence-electron chi connectivity index (χ3n) is 2.14. The van der Waals surface area contributed by atoms with Crippen molar-refractivity contribution in [2.24, 2.45) is 11.5 Å². The molecule has 2 atom stereocenters. The van der Waals surface area contributed by atoms with E-state index in [9.17, 15) is 19.8 Å². The fourth-order valence-corrected chi connectivity index (χ4v) is 1.15. The predicted octanol–water partition coefficient (Wildman–Crippen LogP) is -1.72. The fraction of sp³-hybridized carbons (Fsp3) is 0.400. The zero-order valence-corrected chi connectivity index (χ0v) is 9.00. The van der Waals surface area contributed by atoms with Gasteiger partial charge in [0.15, 0.2) is 11.5 Å². The molecule has 1 aromatic rings. The second-order valence-corrected chi connectivity index (χ2v) is 3.40. The highest BCUT2D eigenvalue weighted by Gasteiger charge is 2.23. The topological polar surface area (TPSA) is 140 Å². The van der Waals surface area contributed by atoms with Crippen molar-refractivity contribution in [3.63, 3.8) is 0 Å². The molecular formula is C10H14N2O5. The van der Waals surface area contributed by atoms with Gasteiger partial charge in [-0.25, -0.2) is 0 Å². The number of ketones is 2. The number of rotatable bonds is 6. The third-order valence-corrected chi connectivity index (χ3v) is 2.14. The Kier molecular flexibility index (Phi) is 4.53. The molecule has 0 aliphatic carbocycles. The van der Waals surface area contributed by atoms with Crippen LogP contribution in [-0.2, 0) is 0 Å². The van der Waals surface area contributed by atoms with Crippen LogP contribution in [-0.4, -0.2) is 47.1 Å². The highest BCUT2D eigenvalue weighted by molar-refractivity contribution is 6.00. The lowest BCUT2D eigenvalue weighted by molar-refractivity contribution is 0.0702. The number of furan rings is 1. The molecule has 6 N–H and O–H groups in total. The van der Waals surface area contributed by atoms with Crippen LogP contribution in [0.2, 0.25) is 0 Å². The molecule has 0 aliphatic heterocycles. The molecule has 1 heterocycles. The van der Waals surface area contributed by atoms with Crippen molar-refractivity contribution in [2.75, 3.05) is 13.1 Å². The Morgan fingerprint density at radius 3 is 1.71 bits per heavy atom. The standard InChI is InChI=1S/C10H14N2O5/c11-3-5(13)9(15)7-1-2-8(17-7)10(16)6(14)4-12/h1-2,5-6,13-14H,3-4,11-12H2. The van der Waals surface area contributed by atoms with Crippen molar-refractivity contribution in [3.05, 3.63) is 23.7 Å². The first-order valence-electron chi connectivity index (χ1n) is 4.95. The molecule has 7 heteroatoms. The zero-order valence-electron chi connectivity index (χ0n) is 9.00. The van der Waals surface area contributed by atoms with E-state index in [1.54, 1.807) is 0 Å². The molecule has 1 aromatic heterocycles. The molecule has 94 valence electrons. The predicted molar refractivity (Wildman–Crippen MR) is 57.5 cm³/mol. The van der Waals surface area contributed by atoms with Crippen LogP contribution in [0.4, 0.5) is 0 Å². The second-order valence-electron chi connectivity index (χ2n) is 3.40. The number of Topliss-reactive ketones (excluding diaryl/α,β-unsaturated/α-hetero) is 2. The van der Waals surface area contributed by atoms with Gasteiger partial charge >= 0.3 is 0 Å². The lowest BCUT2D eigenvalue weighted by Gasteiger charge is -2.04. The number of aliphatic hydroxyl groups is 2. The van der Waals surface area contributed by atoms with Gasteiger partial charge in [0.05, 0.1) is 0 Å². The Labute approximate surface area is 97.0 Å². The monoisotopic (exact) mass is 242 g/mol. The van der Waals surface area contributed by atoms with E-state index in [2.05, 4.69) is 0 Å². The number of hydrogen-bond acceptors (Lipinski definition) is 7. The molecule has 0 fully saturated rings. The molecule has 0 saturated heterocycles. The smallest absolute Gasteiger partial charge is 0.227 e. The van der Waals surface area contributed by atoms with Gasteiger partial charge in [0.1, 0.15) is 12.2 Å². The Morgan fingerprint density at radius 1 is 1.06 bits per heavy atom. The van der Waals surface area contributed by atoms with Crippen LogP contribution in [0.25, 0.3) is 0 Å². The fourth-order valence-electron chi connectivity index (χ4n) is 1.15. The van der Waals surface area contributed by atoms with Gasteiger partial charge in [0, 0.05) is 13.1 Å². The van der Waals surface area contributed by atoms with Crippen molar-refractivity contribution < 1.29 is 24.2 Å². The van der Waals surface area contributed by atoms with Gasteiger partial charge in [-0.05, 0) is 12.1 Å². The van der Waals surface area contributed by atoms with Crippen LogP contribution in [0.5, 0.6) is 0 Å². The quantitative estimate of drug-likeness (QED) is 0.435. The number of carbonyl (C=O) groups is 2. The number of nitrogens with two attached hydrogens (primary N) is 2. The Balaban J connectivity index is 2.85. The van der Waals surface area contributed by atoms with E-state index in [4.69, 9.17) is 15.9 Å². The second kappa shape index (κ2) is 5.69. The van der Waals surface area contributed by atoms with Crippen LogP contribution in [0, 0.1) is 0 Å². The summed E-state index contributed by atoms with van der Waals surface area (Å²) in [6, 6.07) is 2.47. The van der Waals surface area contributed by atoms with Gasteiger partial charge in [0.2, 0.25) is 11.6 Å². The van der Waals surface area contributed by atoms with Crippen molar-refractivity contribution in [3.8, 4) is 0 Å². The van der Waals surface area contributed by atoms with Gasteiger partial charge in [0.25, 0.3) is 0 Å². The molecule has 0 radical (unpaired) electrons. The van der Waals surface area contributed by atoms with Crippen LogP contribution >= 0.6 is 0 Å². The van der Waals surface area contributed by atoms with Gasteiger partial charge in [-0.1, -0.05) is 0 Å². The highest BCUT2D eigenvalue weighted by atomic mass is 16.4. The highest BCUT2D eigenvalue weighted by Crippen LogP contribution is 2.12. The van der Waals surface area contributed by atoms with Crippen LogP contribution < -0.4 is 11.5 Å². The zero-order chi connectivity index (χ0) is 13.0. The minimum absolute atomic E-state index is 0.185. The van der Waals surface area contributed by atoms with Crippen molar-refractivity contribution in [1.82, 2.24) is 0 Å². The SMILES string of the molecule is NCC(O)C(=O)c1ccc(C(=O)C(O)CN)o1. The lowest BCUT2D eigenvalue weighted by atomic mass is 10.2. The summed E-state index contributed by atoms with van der Waals surface area (Å²) < 4.78 is 4.92. The van der Waals surface area contributed by atoms with E-state index < -0.39 is 23.8 Å². The maximum Gasteiger partial charge on any atom is 0.227 e. The van der Waals surface area contributed by atoms with E-state index >= 15 is 0 Å². The summed E-state index contributed by atoms with van der Waals surface area (Å²) in [5.74, 6) is -1.80. The van der Waals surface area contributed by atoms with Crippen LogP contribution in [0.15, 0.2) is 16.5 Å². The lowest BCUT2D eigenvalue weighted by Crippen LogP contribution is -2.29. The first-order valence-corrected chi connectivity index (χ1v) is 4.95. The van der Waals surface area contributed by atoms with Crippen molar-refractivity contribution in [2.45, 2.75) is 12.2 Å². The van der Waals surface area contributed by atoms with Crippen molar-refractivity contribution >= 4 is 11.6 Å². The molecule has 0 spiro atoms. The molecule has 0 amide bonds. The summed E-state index contributed by atoms with van der Waals surface area (Å²) in [4.78, 5) is 22.9. The molecule has 7 nitrogen and oxygen atoms in total. The van der Waals surface area contributed by atoms with E-state index in [1.165, 1.54) is 12.1 Å². The minimum atomic E-state index is -1.37. The molecule has 0 bridgehead atoms. The summed E-state index contributed by atoms with van der Waals surface area (Å²) in [6.45, 7) is -0.484. The number of aliphatic hydroxyl groups excluding tert-OH is 2. The average molecular weight is 242 g/mol. The van der Waals surface area contributed by atoms with E-state index in [0.29, 0.717) is 0 Å². The molecular weight excluding hydrogens is 228 g/mol. The number of hydrogen-bond donors (Lipinski definition) is 4. The first-order chi connectivity index (χ1) is 8.01. The van der Waals surface area contributed by atoms with Gasteiger partial charge in [-0.3, -0.25) is 9.59 Å². The molecule has 17 heavy (non-hydrogen) atoms. The summed E-state index contributed by atoms with van der Waals surface area (Å²) in [6.07, 6.45) is -2.74. The molecule has 0 saturated carbocycles. The van der Waals surface area contributed by atoms with E-state index in [0.717, 1.165) is 0 Å². The van der Waals surface area contributed by atoms with Gasteiger partial charge < -0.3 is 26.1 Å². The summed E-state index contributed by atoms with van der Waals surface area (Å²) in [7, 11) is 0. The van der Waals surface area contributed by atoms with Crippen LogP contribution in [0.1, 0.15) is 21.1 Å². The van der Waals surface area contributed by atoms with E-state index in [1.807, 2.05) is 0 Å². The maximum atomic E-state index is 11.4. The summed E-state index contributed by atoms with van der Waals surface area (Å²) >= 11 is 0. The molecule has 1 rings (SSSR count). The Bertz CT molecular complexity index is 378. The summed E-state index contributed by atoms with van der Waals surface area (Å²) in [5.41, 5.74) is 10.2. The van der Waals surface area contributed by atoms with Gasteiger partial charge in [-0.15, -0.1) is 0 Å².